The molecule has 106 valence electrons. The summed E-state index contributed by atoms with van der Waals surface area (Å²) in [5.41, 5.74) is 1.47. The molecule has 0 aliphatic rings. The molecular formula is C14H11ClFN5. The molecule has 0 bridgehead atoms. The Bertz CT molecular complexity index is 744. The van der Waals surface area contributed by atoms with Gasteiger partial charge in [-0.2, -0.15) is 4.68 Å². The summed E-state index contributed by atoms with van der Waals surface area (Å²) in [5.74, 6) is 0.154. The Kier molecular flexibility index (Phi) is 3.79. The molecule has 0 spiro atoms. The first-order valence-electron chi connectivity index (χ1n) is 6.25. The number of tetrazole rings is 1. The van der Waals surface area contributed by atoms with Gasteiger partial charge >= 0.3 is 0 Å². The van der Waals surface area contributed by atoms with E-state index in [0.29, 0.717) is 18.1 Å². The van der Waals surface area contributed by atoms with E-state index in [1.807, 2.05) is 30.3 Å². The fraction of sp³-hybridized carbons (Fsp3) is 0.0714. The number of hydrogen-bond acceptors (Lipinski definition) is 4. The van der Waals surface area contributed by atoms with E-state index in [1.54, 1.807) is 10.7 Å². The first-order valence-corrected chi connectivity index (χ1v) is 6.63. The summed E-state index contributed by atoms with van der Waals surface area (Å²) in [4.78, 5) is 0. The highest BCUT2D eigenvalue weighted by Crippen LogP contribution is 2.19. The Morgan fingerprint density at radius 1 is 1.14 bits per heavy atom. The number of benzene rings is 2. The molecule has 0 aliphatic heterocycles. The van der Waals surface area contributed by atoms with Crippen LogP contribution in [0.25, 0.3) is 5.69 Å². The number of aromatic nitrogens is 4. The van der Waals surface area contributed by atoms with Crippen molar-refractivity contribution in [3.63, 3.8) is 0 Å². The van der Waals surface area contributed by atoms with Crippen LogP contribution in [0, 0.1) is 5.82 Å². The predicted molar refractivity (Wildman–Crippen MR) is 77.9 cm³/mol. The van der Waals surface area contributed by atoms with Crippen LogP contribution in [0.5, 0.6) is 0 Å². The number of para-hydroxylation sites is 1. The van der Waals surface area contributed by atoms with Crippen molar-refractivity contribution in [1.82, 2.24) is 20.2 Å². The van der Waals surface area contributed by atoms with Gasteiger partial charge in [0, 0.05) is 5.69 Å². The number of rotatable bonds is 4. The molecule has 0 radical (unpaired) electrons. The molecule has 0 atom stereocenters. The lowest BCUT2D eigenvalue weighted by Gasteiger charge is -2.07. The lowest BCUT2D eigenvalue weighted by molar-refractivity contribution is 0.628. The van der Waals surface area contributed by atoms with Gasteiger partial charge in [-0.3, -0.25) is 0 Å². The predicted octanol–water partition coefficient (Wildman–Crippen LogP) is 3.07. The first kappa shape index (κ1) is 13.5. The zero-order chi connectivity index (χ0) is 14.7. The molecule has 0 saturated heterocycles. The maximum atomic E-state index is 13.4. The van der Waals surface area contributed by atoms with Gasteiger partial charge in [0.2, 0.25) is 0 Å². The highest BCUT2D eigenvalue weighted by molar-refractivity contribution is 6.30. The molecule has 1 aromatic heterocycles. The van der Waals surface area contributed by atoms with E-state index in [4.69, 9.17) is 11.6 Å². The van der Waals surface area contributed by atoms with Gasteiger partial charge in [0.05, 0.1) is 17.3 Å². The fourth-order valence-electron chi connectivity index (χ4n) is 1.87. The molecule has 21 heavy (non-hydrogen) atoms. The van der Waals surface area contributed by atoms with Gasteiger partial charge < -0.3 is 5.32 Å². The highest BCUT2D eigenvalue weighted by Gasteiger charge is 2.08. The molecule has 1 N–H and O–H groups in total. The zero-order valence-electron chi connectivity index (χ0n) is 10.9. The maximum absolute atomic E-state index is 13.4. The number of nitrogens with one attached hydrogen (secondary N) is 1. The number of anilines is 1. The summed E-state index contributed by atoms with van der Waals surface area (Å²) < 4.78 is 15.0. The Morgan fingerprint density at radius 3 is 2.71 bits per heavy atom. The second-order valence-corrected chi connectivity index (χ2v) is 4.73. The van der Waals surface area contributed by atoms with Crippen LogP contribution >= 0.6 is 11.6 Å². The molecule has 1 heterocycles. The molecule has 2 aromatic carbocycles. The average molecular weight is 304 g/mol. The zero-order valence-corrected chi connectivity index (χ0v) is 11.6. The van der Waals surface area contributed by atoms with E-state index in [2.05, 4.69) is 20.8 Å². The van der Waals surface area contributed by atoms with E-state index in [1.165, 1.54) is 12.1 Å². The summed E-state index contributed by atoms with van der Waals surface area (Å²) in [5, 5.41) is 14.7. The van der Waals surface area contributed by atoms with Crippen LogP contribution in [0.1, 0.15) is 5.82 Å². The molecule has 3 rings (SSSR count). The minimum absolute atomic E-state index is 0.0923. The van der Waals surface area contributed by atoms with E-state index >= 15 is 0 Å². The molecule has 5 nitrogen and oxygen atoms in total. The van der Waals surface area contributed by atoms with Crippen molar-refractivity contribution in [2.24, 2.45) is 0 Å². The van der Waals surface area contributed by atoms with Gasteiger partial charge in [0.15, 0.2) is 5.82 Å². The normalized spacial score (nSPS) is 10.6. The topological polar surface area (TPSA) is 55.6 Å². The van der Waals surface area contributed by atoms with Crippen LogP contribution in [-0.4, -0.2) is 20.2 Å². The number of nitrogens with zero attached hydrogens (tertiary/aromatic N) is 4. The summed E-state index contributed by atoms with van der Waals surface area (Å²) in [7, 11) is 0. The van der Waals surface area contributed by atoms with Crippen molar-refractivity contribution in [3.05, 3.63) is 65.2 Å². The van der Waals surface area contributed by atoms with Crippen molar-refractivity contribution in [1.29, 1.82) is 0 Å². The van der Waals surface area contributed by atoms with Gasteiger partial charge in [0.1, 0.15) is 5.82 Å². The molecular weight excluding hydrogens is 293 g/mol. The summed E-state index contributed by atoms with van der Waals surface area (Å²) in [6, 6.07) is 14.1. The summed E-state index contributed by atoms with van der Waals surface area (Å²) in [6.07, 6.45) is 0. The molecule has 0 unspecified atom stereocenters. The molecule has 3 aromatic rings. The second kappa shape index (κ2) is 5.88. The standard InChI is InChI=1S/C14H11ClFN5/c15-12-7-6-10(8-13(12)16)17-9-14-18-19-20-21(14)11-4-2-1-3-5-11/h1-8,17H,9H2. The van der Waals surface area contributed by atoms with Crippen molar-refractivity contribution in [2.45, 2.75) is 6.54 Å². The van der Waals surface area contributed by atoms with Crippen LogP contribution in [0.4, 0.5) is 10.1 Å². The number of hydrogen-bond donors (Lipinski definition) is 1. The molecule has 0 aliphatic carbocycles. The van der Waals surface area contributed by atoms with Crippen LogP contribution in [0.3, 0.4) is 0 Å². The smallest absolute Gasteiger partial charge is 0.175 e. The van der Waals surface area contributed by atoms with Crippen LogP contribution < -0.4 is 5.32 Å². The minimum atomic E-state index is -0.468. The Labute approximate surface area is 125 Å². The monoisotopic (exact) mass is 303 g/mol. The first-order chi connectivity index (χ1) is 10.2. The largest absolute Gasteiger partial charge is 0.378 e. The molecule has 7 heteroatoms. The van der Waals surface area contributed by atoms with E-state index in [9.17, 15) is 4.39 Å². The van der Waals surface area contributed by atoms with Crippen molar-refractivity contribution in [3.8, 4) is 5.69 Å². The third-order valence-corrected chi connectivity index (χ3v) is 3.21. The minimum Gasteiger partial charge on any atom is -0.378 e. The van der Waals surface area contributed by atoms with Crippen molar-refractivity contribution < 1.29 is 4.39 Å². The van der Waals surface area contributed by atoms with Crippen LogP contribution in [0.15, 0.2) is 48.5 Å². The third kappa shape index (κ3) is 3.00. The van der Waals surface area contributed by atoms with Gasteiger partial charge in [-0.05, 0) is 40.8 Å². The number of halogens is 2. The molecule has 0 fully saturated rings. The Hall–Kier alpha value is -2.47. The van der Waals surface area contributed by atoms with E-state index in [0.717, 1.165) is 5.69 Å². The lowest BCUT2D eigenvalue weighted by Crippen LogP contribution is -2.08. The fourth-order valence-corrected chi connectivity index (χ4v) is 1.99. The summed E-state index contributed by atoms with van der Waals surface area (Å²) >= 11 is 5.65. The molecule has 0 saturated carbocycles. The van der Waals surface area contributed by atoms with Gasteiger partial charge in [0.25, 0.3) is 0 Å². The maximum Gasteiger partial charge on any atom is 0.175 e. The van der Waals surface area contributed by atoms with E-state index < -0.39 is 5.82 Å². The summed E-state index contributed by atoms with van der Waals surface area (Å²) in [6.45, 7) is 0.364. The third-order valence-electron chi connectivity index (χ3n) is 2.91. The van der Waals surface area contributed by atoms with Crippen molar-refractivity contribution in [2.75, 3.05) is 5.32 Å². The van der Waals surface area contributed by atoms with E-state index in [-0.39, 0.29) is 5.02 Å². The average Bonchev–Trinajstić information content (AvgIpc) is 2.98. The Morgan fingerprint density at radius 2 is 1.95 bits per heavy atom. The van der Waals surface area contributed by atoms with Gasteiger partial charge in [-0.25, -0.2) is 4.39 Å². The Balaban J connectivity index is 1.77. The van der Waals surface area contributed by atoms with Gasteiger partial charge in [-0.15, -0.1) is 5.10 Å². The quantitative estimate of drug-likeness (QED) is 0.805. The van der Waals surface area contributed by atoms with Crippen molar-refractivity contribution >= 4 is 17.3 Å². The highest BCUT2D eigenvalue weighted by atomic mass is 35.5. The van der Waals surface area contributed by atoms with Gasteiger partial charge in [-0.1, -0.05) is 29.8 Å². The second-order valence-electron chi connectivity index (χ2n) is 4.32. The van der Waals surface area contributed by atoms with Crippen LogP contribution in [-0.2, 0) is 6.54 Å². The molecule has 0 amide bonds. The lowest BCUT2D eigenvalue weighted by atomic mass is 10.3. The SMILES string of the molecule is Fc1cc(NCc2nnnn2-c2ccccc2)ccc1Cl. The van der Waals surface area contributed by atoms with Crippen LogP contribution in [0.2, 0.25) is 5.02 Å².